The predicted molar refractivity (Wildman–Crippen MR) is 104 cm³/mol. The Morgan fingerprint density at radius 2 is 1.82 bits per heavy atom. The van der Waals surface area contributed by atoms with Gasteiger partial charge in [0.25, 0.3) is 0 Å². The smallest absolute Gasteiger partial charge is 0.416 e. The molecule has 0 saturated heterocycles. The molecule has 150 valence electrons. The number of rotatable bonds is 3. The molecule has 0 aliphatic carbocycles. The van der Waals surface area contributed by atoms with E-state index in [1.165, 1.54) is 13.2 Å². The highest BCUT2D eigenvalue weighted by molar-refractivity contribution is 7.22. The van der Waals surface area contributed by atoms with E-state index in [-0.39, 0.29) is 0 Å². The van der Waals surface area contributed by atoms with Crippen LogP contribution in [0.1, 0.15) is 29.8 Å². The molecule has 0 spiro atoms. The number of halogens is 3. The number of aromatic nitrogens is 1. The number of nitrogens with zero attached hydrogens (tertiary/aromatic N) is 1. The lowest BCUT2D eigenvalue weighted by atomic mass is 10.2. The third-order valence-corrected chi connectivity index (χ3v) is 4.18. The van der Waals surface area contributed by atoms with Gasteiger partial charge >= 0.3 is 12.1 Å². The van der Waals surface area contributed by atoms with Gasteiger partial charge in [-0.3, -0.25) is 0 Å². The second-order valence-corrected chi connectivity index (χ2v) is 5.93. The third-order valence-electron chi connectivity index (χ3n) is 3.25. The van der Waals surface area contributed by atoms with E-state index < -0.39 is 17.7 Å². The van der Waals surface area contributed by atoms with Gasteiger partial charge in [-0.1, -0.05) is 31.3 Å². The zero-order chi connectivity index (χ0) is 21.3. The van der Waals surface area contributed by atoms with Gasteiger partial charge in [0.15, 0.2) is 5.13 Å². The number of fused-ring (bicyclic) bond motifs is 1. The fraction of sp³-hybridized carbons (Fsp3) is 0.211. The molecule has 0 saturated carbocycles. The Balaban J connectivity index is 0.000000921. The first kappa shape index (κ1) is 23.1. The van der Waals surface area contributed by atoms with E-state index in [4.69, 9.17) is 4.79 Å². The van der Waals surface area contributed by atoms with Crippen molar-refractivity contribution in [3.8, 4) is 0 Å². The molecule has 0 bridgehead atoms. The van der Waals surface area contributed by atoms with E-state index in [9.17, 15) is 18.0 Å². The highest BCUT2D eigenvalue weighted by atomic mass is 32.1. The fourth-order valence-electron chi connectivity index (χ4n) is 2.12. The van der Waals surface area contributed by atoms with Gasteiger partial charge < -0.3 is 14.8 Å². The van der Waals surface area contributed by atoms with Gasteiger partial charge in [-0.15, -0.1) is 0 Å². The first-order chi connectivity index (χ1) is 13.4. The Morgan fingerprint density at radius 3 is 2.43 bits per heavy atom. The van der Waals surface area contributed by atoms with Gasteiger partial charge in [0, 0.05) is 5.69 Å². The first-order valence-corrected chi connectivity index (χ1v) is 8.90. The lowest BCUT2D eigenvalue weighted by molar-refractivity contribution is -0.137. The quantitative estimate of drug-likeness (QED) is 0.560. The fourth-order valence-corrected chi connectivity index (χ4v) is 3.04. The van der Waals surface area contributed by atoms with Gasteiger partial charge in [-0.05, 0) is 36.4 Å². The average Bonchev–Trinajstić information content (AvgIpc) is 3.11. The van der Waals surface area contributed by atoms with Crippen molar-refractivity contribution in [1.29, 1.82) is 0 Å². The number of carbonyl (C=O) groups is 2. The second-order valence-electron chi connectivity index (χ2n) is 4.90. The maximum absolute atomic E-state index is 12.7. The number of anilines is 2. The van der Waals surface area contributed by atoms with Crippen LogP contribution in [0.5, 0.6) is 0 Å². The van der Waals surface area contributed by atoms with Gasteiger partial charge in [-0.25, -0.2) is 9.78 Å². The van der Waals surface area contributed by atoms with E-state index >= 15 is 0 Å². The summed E-state index contributed by atoms with van der Waals surface area (Å²) < 4.78 is 43.3. The van der Waals surface area contributed by atoms with Crippen LogP contribution in [0.3, 0.4) is 0 Å². The molecule has 1 aromatic heterocycles. The van der Waals surface area contributed by atoms with Crippen LogP contribution >= 0.6 is 11.3 Å². The molecule has 0 atom stereocenters. The average molecular weight is 412 g/mol. The lowest BCUT2D eigenvalue weighted by Crippen LogP contribution is -2.03. The number of thiazole rings is 1. The number of methoxy groups -OCH3 is 1. The Bertz CT molecular complexity index is 926. The largest absolute Gasteiger partial charge is 0.465 e. The minimum Gasteiger partial charge on any atom is -0.465 e. The number of hydrogen-bond acceptors (Lipinski definition) is 6. The first-order valence-electron chi connectivity index (χ1n) is 8.09. The zero-order valence-electron chi connectivity index (χ0n) is 15.5. The van der Waals surface area contributed by atoms with E-state index in [2.05, 4.69) is 15.0 Å². The number of hydrogen-bond donors (Lipinski definition) is 1. The molecule has 28 heavy (non-hydrogen) atoms. The molecule has 0 fully saturated rings. The van der Waals surface area contributed by atoms with E-state index in [1.54, 1.807) is 24.3 Å². The second kappa shape index (κ2) is 10.4. The van der Waals surface area contributed by atoms with Crippen molar-refractivity contribution >= 4 is 45.1 Å². The van der Waals surface area contributed by atoms with Gasteiger partial charge in [0.2, 0.25) is 0 Å². The topological polar surface area (TPSA) is 68.3 Å². The molecule has 3 aromatic rings. The number of carbonyl (C=O) groups excluding carboxylic acids is 2. The van der Waals surface area contributed by atoms with Crippen molar-refractivity contribution in [2.24, 2.45) is 0 Å². The number of alkyl halides is 3. The van der Waals surface area contributed by atoms with Crippen LogP contribution in [0.2, 0.25) is 0 Å². The van der Waals surface area contributed by atoms with Gasteiger partial charge in [0.1, 0.15) is 6.79 Å². The van der Waals surface area contributed by atoms with Gasteiger partial charge in [0.05, 0.1) is 28.5 Å². The number of benzene rings is 2. The SMILES string of the molecule is C=O.CC.COC(=O)c1cccc(Nc2nc3ccc(C(F)(F)F)cc3s2)c1. The predicted octanol–water partition coefficient (Wildman–Crippen LogP) is 5.69. The summed E-state index contributed by atoms with van der Waals surface area (Å²) in [6.07, 6.45) is -4.39. The standard InChI is InChI=1S/C16H11F3N2O2S.C2H6.CH2O/c1-23-14(22)9-3-2-4-11(7-9)20-15-21-12-6-5-10(16(17,18)19)8-13(12)24-15;2*1-2/h2-8H,1H3,(H,20,21);1-2H3;1H2. The molecular formula is C19H19F3N2O3S. The maximum Gasteiger partial charge on any atom is 0.416 e. The maximum atomic E-state index is 12.7. The van der Waals surface area contributed by atoms with Crippen LogP contribution in [0.4, 0.5) is 24.0 Å². The van der Waals surface area contributed by atoms with Crippen LogP contribution in [0, 0.1) is 0 Å². The van der Waals surface area contributed by atoms with Crippen molar-refractivity contribution < 1.29 is 27.5 Å². The normalized spacial score (nSPS) is 10.2. The van der Waals surface area contributed by atoms with E-state index in [0.29, 0.717) is 26.6 Å². The van der Waals surface area contributed by atoms with Crippen molar-refractivity contribution in [1.82, 2.24) is 4.98 Å². The summed E-state index contributed by atoms with van der Waals surface area (Å²) in [5.41, 5.74) is 0.716. The summed E-state index contributed by atoms with van der Waals surface area (Å²) in [5, 5.41) is 3.43. The van der Waals surface area contributed by atoms with Crippen molar-refractivity contribution in [2.75, 3.05) is 12.4 Å². The minimum absolute atomic E-state index is 0.364. The third kappa shape index (κ3) is 5.78. The Labute approximate surface area is 164 Å². The molecule has 3 rings (SSSR count). The molecule has 0 unspecified atom stereocenters. The summed E-state index contributed by atoms with van der Waals surface area (Å²) in [5.74, 6) is -0.474. The highest BCUT2D eigenvalue weighted by Gasteiger charge is 2.30. The number of esters is 1. The van der Waals surface area contributed by atoms with Crippen LogP contribution < -0.4 is 5.32 Å². The van der Waals surface area contributed by atoms with Crippen LogP contribution in [0.25, 0.3) is 10.2 Å². The molecule has 0 amide bonds. The zero-order valence-corrected chi connectivity index (χ0v) is 16.3. The molecule has 0 aliphatic rings. The van der Waals surface area contributed by atoms with Crippen molar-refractivity contribution in [3.63, 3.8) is 0 Å². The van der Waals surface area contributed by atoms with Crippen molar-refractivity contribution in [2.45, 2.75) is 20.0 Å². The Morgan fingerprint density at radius 1 is 1.14 bits per heavy atom. The van der Waals surface area contributed by atoms with Crippen LogP contribution in [-0.2, 0) is 15.7 Å². The molecule has 1 heterocycles. The van der Waals surface area contributed by atoms with Crippen LogP contribution in [0.15, 0.2) is 42.5 Å². The molecule has 0 radical (unpaired) electrons. The Hall–Kier alpha value is -2.94. The molecular weight excluding hydrogens is 393 g/mol. The minimum atomic E-state index is -4.39. The summed E-state index contributed by atoms with van der Waals surface area (Å²) in [6, 6.07) is 9.99. The summed E-state index contributed by atoms with van der Waals surface area (Å²) in [7, 11) is 1.29. The monoisotopic (exact) mass is 412 g/mol. The lowest BCUT2D eigenvalue weighted by Gasteiger charge is -2.04. The highest BCUT2D eigenvalue weighted by Crippen LogP contribution is 2.35. The summed E-state index contributed by atoms with van der Waals surface area (Å²) >= 11 is 1.10. The van der Waals surface area contributed by atoms with E-state index in [0.717, 1.165) is 23.5 Å². The number of ether oxygens (including phenoxy) is 1. The van der Waals surface area contributed by atoms with Crippen molar-refractivity contribution in [3.05, 3.63) is 53.6 Å². The molecule has 5 nitrogen and oxygen atoms in total. The summed E-state index contributed by atoms with van der Waals surface area (Å²) in [6.45, 7) is 6.00. The molecule has 2 aromatic carbocycles. The molecule has 0 aliphatic heterocycles. The molecule has 1 N–H and O–H groups in total. The Kier molecular flexibility index (Phi) is 8.59. The van der Waals surface area contributed by atoms with Gasteiger partial charge in [-0.2, -0.15) is 13.2 Å². The van der Waals surface area contributed by atoms with E-state index in [1.807, 2.05) is 20.6 Å². The van der Waals surface area contributed by atoms with Crippen LogP contribution in [-0.4, -0.2) is 24.9 Å². The molecule has 9 heteroatoms. The number of nitrogens with one attached hydrogen (secondary N) is 1. The summed E-state index contributed by atoms with van der Waals surface area (Å²) in [4.78, 5) is 23.8.